The molecule has 2 rings (SSSR count). The van der Waals surface area contributed by atoms with E-state index in [-0.39, 0.29) is 6.61 Å². The molecular formula is C21H24N2O5. The molecule has 0 saturated carbocycles. The van der Waals surface area contributed by atoms with Crippen LogP contribution in [0.3, 0.4) is 0 Å². The van der Waals surface area contributed by atoms with Crippen LogP contribution in [0.1, 0.15) is 37.0 Å². The van der Waals surface area contributed by atoms with Gasteiger partial charge in [0.1, 0.15) is 5.75 Å². The third-order valence-electron chi connectivity index (χ3n) is 3.96. The number of ether oxygens (including phenoxy) is 2. The molecule has 1 atom stereocenters. The maximum Gasteiger partial charge on any atom is 0.345 e. The molecule has 0 aliphatic rings. The Labute approximate surface area is 164 Å². The Morgan fingerprint density at radius 1 is 0.929 bits per heavy atom. The number of carbonyl (C=O) groups excluding carboxylic acids is 3. The van der Waals surface area contributed by atoms with Gasteiger partial charge in [-0.15, -0.1) is 0 Å². The molecule has 7 nitrogen and oxygen atoms in total. The van der Waals surface area contributed by atoms with Gasteiger partial charge in [0.25, 0.3) is 5.91 Å². The molecule has 3 amide bonds. The Morgan fingerprint density at radius 2 is 1.57 bits per heavy atom. The van der Waals surface area contributed by atoms with E-state index in [4.69, 9.17) is 9.47 Å². The molecule has 0 aliphatic heterocycles. The fraction of sp³-hybridized carbons (Fsp3) is 0.286. The summed E-state index contributed by atoms with van der Waals surface area (Å²) >= 11 is 0. The molecule has 0 heterocycles. The predicted molar refractivity (Wildman–Crippen MR) is 104 cm³/mol. The third-order valence-corrected chi connectivity index (χ3v) is 3.96. The third kappa shape index (κ3) is 6.12. The van der Waals surface area contributed by atoms with Crippen LogP contribution in [0.25, 0.3) is 0 Å². The molecule has 0 aliphatic carbocycles. The Balaban J connectivity index is 2.01. The number of rotatable bonds is 7. The second kappa shape index (κ2) is 10.1. The fourth-order valence-corrected chi connectivity index (χ4v) is 2.40. The van der Waals surface area contributed by atoms with Gasteiger partial charge < -0.3 is 14.8 Å². The molecule has 0 saturated heterocycles. The highest BCUT2D eigenvalue weighted by molar-refractivity contribution is 5.97. The second-order valence-corrected chi connectivity index (χ2v) is 6.36. The van der Waals surface area contributed by atoms with Crippen LogP contribution < -0.4 is 15.4 Å². The number of imide groups is 1. The van der Waals surface area contributed by atoms with Crippen molar-refractivity contribution in [2.75, 3.05) is 13.7 Å². The predicted octanol–water partition coefficient (Wildman–Crippen LogP) is 2.93. The Morgan fingerprint density at radius 3 is 2.14 bits per heavy atom. The van der Waals surface area contributed by atoms with Crippen molar-refractivity contribution in [1.82, 2.24) is 10.6 Å². The van der Waals surface area contributed by atoms with Crippen molar-refractivity contribution in [3.05, 3.63) is 65.7 Å². The van der Waals surface area contributed by atoms with Crippen molar-refractivity contribution >= 4 is 17.9 Å². The normalized spacial score (nSPS) is 11.4. The summed E-state index contributed by atoms with van der Waals surface area (Å²) < 4.78 is 10.7. The van der Waals surface area contributed by atoms with Gasteiger partial charge in [-0.1, -0.05) is 56.3 Å². The van der Waals surface area contributed by atoms with Crippen LogP contribution in [0.5, 0.6) is 5.75 Å². The Hall–Kier alpha value is -3.35. The number of amides is 3. The topological polar surface area (TPSA) is 93.7 Å². The average molecular weight is 384 g/mol. The molecule has 0 radical (unpaired) electrons. The first-order chi connectivity index (χ1) is 13.4. The van der Waals surface area contributed by atoms with Gasteiger partial charge in [0.05, 0.1) is 0 Å². The molecular weight excluding hydrogens is 360 g/mol. The quantitative estimate of drug-likeness (QED) is 0.716. The van der Waals surface area contributed by atoms with E-state index in [1.54, 1.807) is 42.5 Å². The highest BCUT2D eigenvalue weighted by Crippen LogP contribution is 2.20. The van der Waals surface area contributed by atoms with Gasteiger partial charge in [-0.3, -0.25) is 10.1 Å². The van der Waals surface area contributed by atoms with Gasteiger partial charge in [-0.2, -0.15) is 0 Å². The molecule has 7 heteroatoms. The molecule has 0 fully saturated rings. The summed E-state index contributed by atoms with van der Waals surface area (Å²) in [7, 11) is 1.38. The first-order valence-electron chi connectivity index (χ1n) is 8.90. The Kier molecular flexibility index (Phi) is 7.56. The van der Waals surface area contributed by atoms with Gasteiger partial charge in [0.15, 0.2) is 6.61 Å². The summed E-state index contributed by atoms with van der Waals surface area (Å²) in [5.74, 6) is -0.564. The monoisotopic (exact) mass is 384 g/mol. The minimum Gasteiger partial charge on any atom is -0.482 e. The van der Waals surface area contributed by atoms with Gasteiger partial charge in [-0.05, 0) is 23.6 Å². The SMILES string of the molecule is CNC(=O)NC(=O)[C@H](OC(=O)COc1ccc(C(C)C)cc1)c1ccccc1. The number of nitrogens with one attached hydrogen (secondary N) is 2. The molecule has 28 heavy (non-hydrogen) atoms. The van der Waals surface area contributed by atoms with Crippen molar-refractivity contribution in [1.29, 1.82) is 0 Å². The minimum absolute atomic E-state index is 0.363. The van der Waals surface area contributed by atoms with Crippen LogP contribution in [-0.2, 0) is 14.3 Å². The number of carbonyl (C=O) groups is 3. The molecule has 0 unspecified atom stereocenters. The van der Waals surface area contributed by atoms with Crippen LogP contribution in [0.4, 0.5) is 4.79 Å². The van der Waals surface area contributed by atoms with Gasteiger partial charge in [0.2, 0.25) is 6.10 Å². The molecule has 2 aromatic carbocycles. The summed E-state index contributed by atoms with van der Waals surface area (Å²) in [5.41, 5.74) is 1.60. The van der Waals surface area contributed by atoms with E-state index < -0.39 is 24.0 Å². The summed E-state index contributed by atoms with van der Waals surface area (Å²) in [5, 5.41) is 4.40. The number of esters is 1. The second-order valence-electron chi connectivity index (χ2n) is 6.36. The lowest BCUT2D eigenvalue weighted by Crippen LogP contribution is -2.41. The van der Waals surface area contributed by atoms with Crippen molar-refractivity contribution in [3.8, 4) is 5.75 Å². The minimum atomic E-state index is -1.27. The van der Waals surface area contributed by atoms with Gasteiger partial charge >= 0.3 is 12.0 Å². The van der Waals surface area contributed by atoms with E-state index >= 15 is 0 Å². The van der Waals surface area contributed by atoms with Crippen LogP contribution in [0, 0.1) is 0 Å². The average Bonchev–Trinajstić information content (AvgIpc) is 2.71. The summed E-state index contributed by atoms with van der Waals surface area (Å²) in [4.78, 5) is 36.0. The smallest absolute Gasteiger partial charge is 0.345 e. The zero-order chi connectivity index (χ0) is 20.5. The van der Waals surface area contributed by atoms with E-state index in [0.717, 1.165) is 5.56 Å². The number of hydrogen-bond donors (Lipinski definition) is 2. The van der Waals surface area contributed by atoms with Gasteiger partial charge in [-0.25, -0.2) is 9.59 Å². The van der Waals surface area contributed by atoms with Crippen LogP contribution in [0.15, 0.2) is 54.6 Å². The van der Waals surface area contributed by atoms with Crippen molar-refractivity contribution in [3.63, 3.8) is 0 Å². The van der Waals surface area contributed by atoms with Crippen molar-refractivity contribution in [2.24, 2.45) is 0 Å². The highest BCUT2D eigenvalue weighted by Gasteiger charge is 2.26. The van der Waals surface area contributed by atoms with Crippen LogP contribution >= 0.6 is 0 Å². The maximum atomic E-state index is 12.3. The summed E-state index contributed by atoms with van der Waals surface area (Å²) in [6.45, 7) is 3.80. The Bertz CT molecular complexity index is 803. The first-order valence-corrected chi connectivity index (χ1v) is 8.90. The molecule has 2 aromatic rings. The van der Waals surface area contributed by atoms with E-state index in [1.807, 2.05) is 12.1 Å². The summed E-state index contributed by atoms with van der Waals surface area (Å²) in [6, 6.07) is 15.1. The van der Waals surface area contributed by atoms with Crippen LogP contribution in [0.2, 0.25) is 0 Å². The summed E-state index contributed by atoms with van der Waals surface area (Å²) in [6.07, 6.45) is -1.27. The van der Waals surface area contributed by atoms with Crippen molar-refractivity contribution in [2.45, 2.75) is 25.9 Å². The lowest BCUT2D eigenvalue weighted by atomic mass is 10.0. The zero-order valence-electron chi connectivity index (χ0n) is 16.1. The van der Waals surface area contributed by atoms with E-state index in [2.05, 4.69) is 24.5 Å². The standard InChI is InChI=1S/C21H24N2O5/c1-14(2)15-9-11-17(12-10-15)27-13-18(24)28-19(16-7-5-4-6-8-16)20(25)23-21(26)22-3/h4-12,14,19H,13H2,1-3H3,(H2,22,23,25,26)/t19-/m1/s1. The first kappa shape index (κ1) is 21.0. The lowest BCUT2D eigenvalue weighted by molar-refractivity contribution is -0.158. The number of urea groups is 1. The largest absolute Gasteiger partial charge is 0.482 e. The van der Waals surface area contributed by atoms with E-state index in [9.17, 15) is 14.4 Å². The van der Waals surface area contributed by atoms with E-state index in [0.29, 0.717) is 17.2 Å². The maximum absolute atomic E-state index is 12.3. The van der Waals surface area contributed by atoms with Crippen molar-refractivity contribution < 1.29 is 23.9 Å². The highest BCUT2D eigenvalue weighted by atomic mass is 16.6. The van der Waals surface area contributed by atoms with Crippen LogP contribution in [-0.4, -0.2) is 31.6 Å². The van der Waals surface area contributed by atoms with Gasteiger partial charge in [0, 0.05) is 12.6 Å². The van der Waals surface area contributed by atoms with E-state index in [1.165, 1.54) is 7.05 Å². The zero-order valence-corrected chi connectivity index (χ0v) is 16.1. The molecule has 0 bridgehead atoms. The molecule has 148 valence electrons. The lowest BCUT2D eigenvalue weighted by Gasteiger charge is -2.17. The fourth-order valence-electron chi connectivity index (χ4n) is 2.40. The number of hydrogen-bond acceptors (Lipinski definition) is 5. The molecule has 0 aromatic heterocycles. The molecule has 2 N–H and O–H groups in total. The molecule has 0 spiro atoms. The number of benzene rings is 2.